The largest absolute Gasteiger partial charge is 0.416 e. The summed E-state index contributed by atoms with van der Waals surface area (Å²) in [5.74, 6) is 0.175. The van der Waals surface area contributed by atoms with Crippen molar-refractivity contribution in [3.8, 4) is 0 Å². The number of alkyl halides is 3. The maximum absolute atomic E-state index is 12.6. The molecule has 0 saturated carbocycles. The zero-order valence-electron chi connectivity index (χ0n) is 10.4. The summed E-state index contributed by atoms with van der Waals surface area (Å²) in [6.45, 7) is 3.16. The third-order valence-corrected chi connectivity index (χ3v) is 4.16. The molecule has 6 heteroatoms. The Hall–Kier alpha value is -0.750. The van der Waals surface area contributed by atoms with E-state index >= 15 is 0 Å². The van der Waals surface area contributed by atoms with Crippen molar-refractivity contribution in [3.05, 3.63) is 28.2 Å². The molecule has 2 nitrogen and oxygen atoms in total. The van der Waals surface area contributed by atoms with E-state index in [-0.39, 0.29) is 5.92 Å². The first kappa shape index (κ1) is 14.7. The van der Waals surface area contributed by atoms with Gasteiger partial charge in [0.1, 0.15) is 0 Å². The Morgan fingerprint density at radius 1 is 1.42 bits per heavy atom. The van der Waals surface area contributed by atoms with Crippen molar-refractivity contribution in [2.24, 2.45) is 5.92 Å². The van der Waals surface area contributed by atoms with E-state index < -0.39 is 17.8 Å². The average molecular weight is 338 g/mol. The molecular weight excluding hydrogens is 323 g/mol. The molecule has 1 aromatic rings. The summed E-state index contributed by atoms with van der Waals surface area (Å²) in [7, 11) is 0. The summed E-state index contributed by atoms with van der Waals surface area (Å²) in [4.78, 5) is 2.00. The van der Waals surface area contributed by atoms with Gasteiger partial charge in [-0.1, -0.05) is 0 Å². The van der Waals surface area contributed by atoms with Crippen molar-refractivity contribution in [3.63, 3.8) is 0 Å². The number of rotatable bonds is 2. The SMILES string of the molecule is CC(O)C1CCN(c2ccc(C(F)(F)F)cc2Br)C1. The van der Waals surface area contributed by atoms with Gasteiger partial charge in [0.2, 0.25) is 0 Å². The third kappa shape index (κ3) is 3.23. The van der Waals surface area contributed by atoms with Crippen molar-refractivity contribution in [2.45, 2.75) is 25.6 Å². The van der Waals surface area contributed by atoms with Crippen LogP contribution in [0.1, 0.15) is 18.9 Å². The molecule has 1 aliphatic heterocycles. The molecule has 2 rings (SSSR count). The first-order chi connectivity index (χ1) is 8.79. The van der Waals surface area contributed by atoms with E-state index in [1.807, 2.05) is 4.90 Å². The number of hydrogen-bond donors (Lipinski definition) is 1. The number of halogens is 4. The van der Waals surface area contributed by atoms with Crippen LogP contribution in [0, 0.1) is 5.92 Å². The predicted octanol–water partition coefficient (Wildman–Crippen LogP) is 3.68. The molecule has 1 saturated heterocycles. The van der Waals surface area contributed by atoms with Gasteiger partial charge in [0.15, 0.2) is 0 Å². The molecular formula is C13H15BrF3NO. The molecule has 1 fully saturated rings. The number of hydrogen-bond acceptors (Lipinski definition) is 2. The van der Waals surface area contributed by atoms with Gasteiger partial charge in [0, 0.05) is 23.5 Å². The number of aliphatic hydroxyl groups is 1. The van der Waals surface area contributed by atoms with Gasteiger partial charge in [-0.05, 0) is 47.5 Å². The van der Waals surface area contributed by atoms with Crippen molar-refractivity contribution >= 4 is 21.6 Å². The van der Waals surface area contributed by atoms with Crippen LogP contribution in [0.3, 0.4) is 0 Å². The fraction of sp³-hybridized carbons (Fsp3) is 0.538. The molecule has 0 bridgehead atoms. The molecule has 0 spiro atoms. The highest BCUT2D eigenvalue weighted by Gasteiger charge is 2.32. The fourth-order valence-corrected chi connectivity index (χ4v) is 2.97. The maximum Gasteiger partial charge on any atom is 0.416 e. The van der Waals surface area contributed by atoms with Crippen molar-refractivity contribution in [2.75, 3.05) is 18.0 Å². The number of nitrogens with zero attached hydrogens (tertiary/aromatic N) is 1. The highest BCUT2D eigenvalue weighted by atomic mass is 79.9. The van der Waals surface area contributed by atoms with Crippen LogP contribution in [-0.2, 0) is 6.18 Å². The first-order valence-corrected chi connectivity index (χ1v) is 6.88. The Morgan fingerprint density at radius 2 is 2.11 bits per heavy atom. The van der Waals surface area contributed by atoms with Gasteiger partial charge in [-0.15, -0.1) is 0 Å². The molecule has 0 aromatic heterocycles. The van der Waals surface area contributed by atoms with E-state index in [0.29, 0.717) is 11.0 Å². The quantitative estimate of drug-likeness (QED) is 0.889. The second kappa shape index (κ2) is 5.32. The van der Waals surface area contributed by atoms with Gasteiger partial charge >= 0.3 is 6.18 Å². The summed E-state index contributed by atoms with van der Waals surface area (Å²) in [6.07, 6.45) is -3.86. The lowest BCUT2D eigenvalue weighted by Crippen LogP contribution is -2.24. The van der Waals surface area contributed by atoms with Crippen LogP contribution in [0.5, 0.6) is 0 Å². The zero-order chi connectivity index (χ0) is 14.2. The van der Waals surface area contributed by atoms with Gasteiger partial charge in [0.05, 0.1) is 17.4 Å². The Labute approximate surface area is 118 Å². The van der Waals surface area contributed by atoms with Crippen LogP contribution in [0.25, 0.3) is 0 Å². The molecule has 1 N–H and O–H groups in total. The van der Waals surface area contributed by atoms with Crippen LogP contribution in [0.2, 0.25) is 0 Å². The molecule has 0 radical (unpaired) electrons. The molecule has 2 unspecified atom stereocenters. The monoisotopic (exact) mass is 337 g/mol. The van der Waals surface area contributed by atoms with Crippen LogP contribution >= 0.6 is 15.9 Å². The van der Waals surface area contributed by atoms with E-state index in [0.717, 1.165) is 30.8 Å². The van der Waals surface area contributed by atoms with E-state index in [1.165, 1.54) is 6.07 Å². The summed E-state index contributed by atoms with van der Waals surface area (Å²) in [6, 6.07) is 3.68. The summed E-state index contributed by atoms with van der Waals surface area (Å²) >= 11 is 3.20. The predicted molar refractivity (Wildman–Crippen MR) is 71.1 cm³/mol. The van der Waals surface area contributed by atoms with E-state index in [4.69, 9.17) is 0 Å². The van der Waals surface area contributed by atoms with Crippen LogP contribution in [0.4, 0.5) is 18.9 Å². The molecule has 1 aromatic carbocycles. The lowest BCUT2D eigenvalue weighted by Gasteiger charge is -2.22. The van der Waals surface area contributed by atoms with Crippen molar-refractivity contribution < 1.29 is 18.3 Å². The van der Waals surface area contributed by atoms with Crippen molar-refractivity contribution in [1.29, 1.82) is 0 Å². The van der Waals surface area contributed by atoms with Gasteiger partial charge in [0.25, 0.3) is 0 Å². The van der Waals surface area contributed by atoms with E-state index in [9.17, 15) is 18.3 Å². The Morgan fingerprint density at radius 3 is 2.58 bits per heavy atom. The van der Waals surface area contributed by atoms with Crippen molar-refractivity contribution in [1.82, 2.24) is 0 Å². The first-order valence-electron chi connectivity index (χ1n) is 6.09. The molecule has 19 heavy (non-hydrogen) atoms. The standard InChI is InChI=1S/C13H15BrF3NO/c1-8(19)9-4-5-18(7-9)12-3-2-10(6-11(12)14)13(15,16)17/h2-3,6,8-9,19H,4-5,7H2,1H3. The summed E-state index contributed by atoms with van der Waals surface area (Å²) in [5, 5.41) is 9.55. The van der Waals surface area contributed by atoms with Gasteiger partial charge in [-0.2, -0.15) is 13.2 Å². The molecule has 0 amide bonds. The second-order valence-electron chi connectivity index (χ2n) is 4.90. The molecule has 106 valence electrons. The Balaban J connectivity index is 2.19. The highest BCUT2D eigenvalue weighted by molar-refractivity contribution is 9.10. The molecule has 1 aliphatic rings. The lowest BCUT2D eigenvalue weighted by atomic mass is 10.0. The minimum absolute atomic E-state index is 0.175. The summed E-state index contributed by atoms with van der Waals surface area (Å²) in [5.41, 5.74) is 0.0885. The van der Waals surface area contributed by atoms with E-state index in [2.05, 4.69) is 15.9 Å². The Kier molecular flexibility index (Phi) is 4.11. The second-order valence-corrected chi connectivity index (χ2v) is 5.75. The van der Waals surface area contributed by atoms with Crippen LogP contribution in [0.15, 0.2) is 22.7 Å². The van der Waals surface area contributed by atoms with Crippen LogP contribution < -0.4 is 4.90 Å². The normalized spacial score (nSPS) is 21.8. The topological polar surface area (TPSA) is 23.5 Å². The fourth-order valence-electron chi connectivity index (χ4n) is 2.34. The maximum atomic E-state index is 12.6. The molecule has 2 atom stereocenters. The van der Waals surface area contributed by atoms with Gasteiger partial charge in [-0.3, -0.25) is 0 Å². The average Bonchev–Trinajstić information content (AvgIpc) is 2.76. The van der Waals surface area contributed by atoms with Crippen LogP contribution in [-0.4, -0.2) is 24.3 Å². The van der Waals surface area contributed by atoms with Gasteiger partial charge in [-0.25, -0.2) is 0 Å². The molecule has 0 aliphatic carbocycles. The van der Waals surface area contributed by atoms with Gasteiger partial charge < -0.3 is 10.0 Å². The minimum Gasteiger partial charge on any atom is -0.393 e. The summed E-state index contributed by atoms with van der Waals surface area (Å²) < 4.78 is 38.2. The smallest absolute Gasteiger partial charge is 0.393 e. The molecule has 1 heterocycles. The zero-order valence-corrected chi connectivity index (χ0v) is 12.0. The highest BCUT2D eigenvalue weighted by Crippen LogP contribution is 2.37. The third-order valence-electron chi connectivity index (χ3n) is 3.52. The number of aliphatic hydroxyl groups excluding tert-OH is 1. The number of benzene rings is 1. The van der Waals surface area contributed by atoms with E-state index in [1.54, 1.807) is 6.92 Å². The minimum atomic E-state index is -4.33. The lowest BCUT2D eigenvalue weighted by molar-refractivity contribution is -0.137. The Bertz CT molecular complexity index is 462. The number of anilines is 1.